The second-order valence-electron chi connectivity index (χ2n) is 3.85. The monoisotopic (exact) mass is 291 g/mol. The van der Waals surface area contributed by atoms with E-state index in [4.69, 9.17) is 4.74 Å². The van der Waals surface area contributed by atoms with Gasteiger partial charge in [0.1, 0.15) is 0 Å². The number of thiophene rings is 1. The smallest absolute Gasteiger partial charge is 0.359 e. The summed E-state index contributed by atoms with van der Waals surface area (Å²) in [7, 11) is 0. The first-order chi connectivity index (χ1) is 9.75. The predicted molar refractivity (Wildman–Crippen MR) is 73.3 cm³/mol. The van der Waals surface area contributed by atoms with E-state index in [1.807, 2.05) is 17.5 Å². The number of nitrogens with zero attached hydrogens (tertiary/aromatic N) is 2. The predicted octanol–water partition coefficient (Wildman–Crippen LogP) is 1.05. The number of carbonyl (C=O) groups is 2. The average molecular weight is 291 g/mol. The van der Waals surface area contributed by atoms with Crippen molar-refractivity contribution < 1.29 is 14.3 Å². The Morgan fingerprint density at radius 2 is 2.25 bits per heavy atom. The second kappa shape index (κ2) is 7.34. The molecule has 2 aromatic rings. The molecular formula is C13H13N3O3S. The van der Waals surface area contributed by atoms with E-state index in [0.29, 0.717) is 6.54 Å². The van der Waals surface area contributed by atoms with Crippen molar-refractivity contribution in [2.75, 3.05) is 13.2 Å². The minimum atomic E-state index is -0.661. The van der Waals surface area contributed by atoms with Gasteiger partial charge in [0.25, 0.3) is 5.91 Å². The number of nitrogens with one attached hydrogen (secondary N) is 1. The van der Waals surface area contributed by atoms with Gasteiger partial charge in [-0.25, -0.2) is 9.78 Å². The zero-order chi connectivity index (χ0) is 14.2. The molecule has 0 saturated carbocycles. The van der Waals surface area contributed by atoms with Crippen LogP contribution in [0.1, 0.15) is 15.4 Å². The maximum atomic E-state index is 11.5. The maximum absolute atomic E-state index is 11.5. The second-order valence-corrected chi connectivity index (χ2v) is 4.88. The molecule has 20 heavy (non-hydrogen) atoms. The van der Waals surface area contributed by atoms with Gasteiger partial charge in [0, 0.05) is 23.8 Å². The third-order valence-electron chi connectivity index (χ3n) is 2.38. The van der Waals surface area contributed by atoms with Crippen molar-refractivity contribution in [2.45, 2.75) is 6.42 Å². The van der Waals surface area contributed by atoms with Crippen LogP contribution in [0.25, 0.3) is 0 Å². The summed E-state index contributed by atoms with van der Waals surface area (Å²) in [6.45, 7) is 0.196. The van der Waals surface area contributed by atoms with Crippen molar-refractivity contribution in [2.24, 2.45) is 0 Å². The molecule has 0 aliphatic heterocycles. The van der Waals surface area contributed by atoms with E-state index in [2.05, 4.69) is 15.3 Å². The molecule has 0 aliphatic carbocycles. The average Bonchev–Trinajstić information content (AvgIpc) is 2.99. The Bertz CT molecular complexity index is 558. The molecule has 6 nitrogen and oxygen atoms in total. The van der Waals surface area contributed by atoms with Gasteiger partial charge in [-0.2, -0.15) is 0 Å². The molecule has 0 aliphatic rings. The lowest BCUT2D eigenvalue weighted by molar-refractivity contribution is -0.124. The van der Waals surface area contributed by atoms with Crippen LogP contribution < -0.4 is 5.32 Å². The Balaban J connectivity index is 1.66. The van der Waals surface area contributed by atoms with Crippen LogP contribution in [0.2, 0.25) is 0 Å². The molecule has 0 spiro atoms. The maximum Gasteiger partial charge on any atom is 0.359 e. The molecule has 1 amide bonds. The summed E-state index contributed by atoms with van der Waals surface area (Å²) in [5.74, 6) is -0.995. The van der Waals surface area contributed by atoms with Gasteiger partial charge in [-0.1, -0.05) is 6.07 Å². The zero-order valence-electron chi connectivity index (χ0n) is 10.6. The van der Waals surface area contributed by atoms with Crippen molar-refractivity contribution in [1.29, 1.82) is 0 Å². The number of aromatic nitrogens is 2. The topological polar surface area (TPSA) is 81.2 Å². The quantitative estimate of drug-likeness (QED) is 0.805. The Kier molecular flexibility index (Phi) is 5.19. The number of hydrogen-bond donors (Lipinski definition) is 1. The minimum Gasteiger partial charge on any atom is -0.451 e. The SMILES string of the molecule is O=C(COC(=O)c1cnccn1)NCCc1cccs1. The van der Waals surface area contributed by atoms with Crippen molar-refractivity contribution in [3.8, 4) is 0 Å². The largest absolute Gasteiger partial charge is 0.451 e. The fraction of sp³-hybridized carbons (Fsp3) is 0.231. The fourth-order valence-corrected chi connectivity index (χ4v) is 2.15. The number of ether oxygens (including phenoxy) is 1. The highest BCUT2D eigenvalue weighted by Gasteiger charge is 2.11. The number of rotatable bonds is 6. The van der Waals surface area contributed by atoms with Crippen molar-refractivity contribution >= 4 is 23.2 Å². The van der Waals surface area contributed by atoms with Gasteiger partial charge >= 0.3 is 5.97 Å². The van der Waals surface area contributed by atoms with Gasteiger partial charge in [0.05, 0.1) is 6.20 Å². The molecule has 0 radical (unpaired) electrons. The Morgan fingerprint density at radius 3 is 2.95 bits per heavy atom. The first-order valence-corrected chi connectivity index (χ1v) is 6.86. The third kappa shape index (κ3) is 4.43. The fourth-order valence-electron chi connectivity index (χ4n) is 1.44. The van der Waals surface area contributed by atoms with E-state index in [-0.39, 0.29) is 18.2 Å². The molecule has 104 valence electrons. The van der Waals surface area contributed by atoms with Crippen LogP contribution in [-0.2, 0) is 16.0 Å². The van der Waals surface area contributed by atoms with Crippen LogP contribution in [0.15, 0.2) is 36.1 Å². The van der Waals surface area contributed by atoms with Gasteiger partial charge < -0.3 is 10.1 Å². The van der Waals surface area contributed by atoms with Crippen molar-refractivity contribution in [1.82, 2.24) is 15.3 Å². The summed E-state index contributed by atoms with van der Waals surface area (Å²) in [4.78, 5) is 31.7. The lowest BCUT2D eigenvalue weighted by Gasteiger charge is -2.05. The van der Waals surface area contributed by atoms with Gasteiger partial charge in [-0.05, 0) is 17.9 Å². The van der Waals surface area contributed by atoms with Crippen LogP contribution in [0, 0.1) is 0 Å². The summed E-state index contributed by atoms with van der Waals surface area (Å²) < 4.78 is 4.83. The summed E-state index contributed by atoms with van der Waals surface area (Å²) >= 11 is 1.64. The first-order valence-electron chi connectivity index (χ1n) is 5.98. The first kappa shape index (κ1) is 14.1. The van der Waals surface area contributed by atoms with E-state index in [9.17, 15) is 9.59 Å². The van der Waals surface area contributed by atoms with Crippen LogP contribution in [0.5, 0.6) is 0 Å². The highest BCUT2D eigenvalue weighted by Crippen LogP contribution is 2.07. The van der Waals surface area contributed by atoms with E-state index in [1.165, 1.54) is 23.5 Å². The number of hydrogen-bond acceptors (Lipinski definition) is 6. The molecule has 0 atom stereocenters. The number of esters is 1. The van der Waals surface area contributed by atoms with Crippen LogP contribution in [0.3, 0.4) is 0 Å². The van der Waals surface area contributed by atoms with E-state index in [1.54, 1.807) is 11.3 Å². The lowest BCUT2D eigenvalue weighted by atomic mass is 10.3. The molecule has 0 unspecified atom stereocenters. The third-order valence-corrected chi connectivity index (χ3v) is 3.32. The molecular weight excluding hydrogens is 278 g/mol. The summed E-state index contributed by atoms with van der Waals surface area (Å²) in [6, 6.07) is 3.97. The zero-order valence-corrected chi connectivity index (χ0v) is 11.4. The Morgan fingerprint density at radius 1 is 1.35 bits per heavy atom. The van der Waals surface area contributed by atoms with Gasteiger partial charge in [-0.15, -0.1) is 11.3 Å². The Hall–Kier alpha value is -2.28. The molecule has 0 saturated heterocycles. The minimum absolute atomic E-state index is 0.0823. The Labute approximate surface area is 119 Å². The summed E-state index contributed by atoms with van der Waals surface area (Å²) in [5, 5.41) is 4.67. The molecule has 1 N–H and O–H groups in total. The van der Waals surface area contributed by atoms with E-state index < -0.39 is 5.97 Å². The number of amides is 1. The number of carbonyl (C=O) groups excluding carboxylic acids is 2. The van der Waals surface area contributed by atoms with Crippen molar-refractivity contribution in [3.63, 3.8) is 0 Å². The molecule has 2 heterocycles. The highest BCUT2D eigenvalue weighted by molar-refractivity contribution is 7.09. The van der Waals surface area contributed by atoms with Crippen LogP contribution >= 0.6 is 11.3 Å². The van der Waals surface area contributed by atoms with E-state index in [0.717, 1.165) is 6.42 Å². The molecule has 7 heteroatoms. The summed E-state index contributed by atoms with van der Waals surface area (Å²) in [6.07, 6.45) is 4.89. The van der Waals surface area contributed by atoms with Crippen LogP contribution in [-0.4, -0.2) is 35.0 Å². The van der Waals surface area contributed by atoms with Gasteiger partial charge in [0.2, 0.25) is 0 Å². The normalized spacial score (nSPS) is 10.0. The molecule has 0 aromatic carbocycles. The van der Waals surface area contributed by atoms with Gasteiger partial charge in [0.15, 0.2) is 12.3 Å². The van der Waals surface area contributed by atoms with Crippen molar-refractivity contribution in [3.05, 3.63) is 46.7 Å². The lowest BCUT2D eigenvalue weighted by Crippen LogP contribution is -2.30. The standard InChI is InChI=1S/C13H13N3O3S/c17-12(16-4-3-10-2-1-7-20-10)9-19-13(18)11-8-14-5-6-15-11/h1-2,5-8H,3-4,9H2,(H,16,17). The van der Waals surface area contributed by atoms with Gasteiger partial charge in [-0.3, -0.25) is 9.78 Å². The van der Waals surface area contributed by atoms with Crippen LogP contribution in [0.4, 0.5) is 0 Å². The molecule has 2 aromatic heterocycles. The van der Waals surface area contributed by atoms with E-state index >= 15 is 0 Å². The highest BCUT2D eigenvalue weighted by atomic mass is 32.1. The summed E-state index contributed by atoms with van der Waals surface area (Å²) in [5.41, 5.74) is 0.0823. The molecule has 0 bridgehead atoms. The molecule has 0 fully saturated rings. The molecule has 2 rings (SSSR count).